The van der Waals surface area contributed by atoms with Crippen molar-refractivity contribution < 1.29 is 0 Å². The van der Waals surface area contributed by atoms with Gasteiger partial charge in [0.1, 0.15) is 0 Å². The van der Waals surface area contributed by atoms with Crippen LogP contribution in [0.4, 0.5) is 5.69 Å². The first-order valence-corrected chi connectivity index (χ1v) is 5.28. The maximum absolute atomic E-state index is 2.30. The van der Waals surface area contributed by atoms with E-state index >= 15 is 0 Å². The van der Waals surface area contributed by atoms with Crippen LogP contribution in [0.3, 0.4) is 0 Å². The molecule has 0 saturated carbocycles. The minimum absolute atomic E-state index is 0.188. The second kappa shape index (κ2) is 4.04. The Hall–Kier alpha value is -0.980. The average molecular weight is 191 g/mol. The van der Waals surface area contributed by atoms with E-state index in [4.69, 9.17) is 0 Å². The maximum Gasteiger partial charge on any atom is 0.0368 e. The van der Waals surface area contributed by atoms with Crippen LogP contribution in [0.1, 0.15) is 33.3 Å². The van der Waals surface area contributed by atoms with E-state index in [1.165, 1.54) is 11.3 Å². The smallest absolute Gasteiger partial charge is 0.0368 e. The fourth-order valence-electron chi connectivity index (χ4n) is 1.34. The second-order valence-electron chi connectivity index (χ2n) is 4.75. The summed E-state index contributed by atoms with van der Waals surface area (Å²) in [6.07, 6.45) is 1.11. The van der Waals surface area contributed by atoms with Crippen molar-refractivity contribution in [3.8, 4) is 0 Å². The normalized spacial score (nSPS) is 11.5. The lowest BCUT2D eigenvalue weighted by atomic mass is 10.1. The summed E-state index contributed by atoms with van der Waals surface area (Å²) in [7, 11) is 2.14. The van der Waals surface area contributed by atoms with Crippen LogP contribution in [0.5, 0.6) is 0 Å². The molecule has 14 heavy (non-hydrogen) atoms. The summed E-state index contributed by atoms with van der Waals surface area (Å²) < 4.78 is 0. The number of hydrogen-bond donors (Lipinski definition) is 0. The molecule has 0 heterocycles. The van der Waals surface area contributed by atoms with Crippen LogP contribution in [0.25, 0.3) is 0 Å². The molecule has 0 saturated heterocycles. The molecule has 0 aromatic heterocycles. The molecule has 0 radical (unpaired) electrons. The summed E-state index contributed by atoms with van der Waals surface area (Å²) in [5, 5.41) is 0. The fourth-order valence-corrected chi connectivity index (χ4v) is 1.34. The number of rotatable bonds is 2. The van der Waals surface area contributed by atoms with E-state index in [9.17, 15) is 0 Å². The van der Waals surface area contributed by atoms with Crippen LogP contribution >= 0.6 is 0 Å². The molecule has 0 spiro atoms. The molecule has 0 amide bonds. The Bertz CT molecular complexity index is 279. The summed E-state index contributed by atoms with van der Waals surface area (Å²) in [6.45, 7) is 8.85. The van der Waals surface area contributed by atoms with E-state index in [0.717, 1.165) is 6.42 Å². The molecule has 0 aliphatic heterocycles. The van der Waals surface area contributed by atoms with Crippen molar-refractivity contribution >= 4 is 5.69 Å². The van der Waals surface area contributed by atoms with E-state index in [-0.39, 0.29) is 5.54 Å². The molecule has 1 heteroatoms. The van der Waals surface area contributed by atoms with Gasteiger partial charge < -0.3 is 4.90 Å². The predicted octanol–water partition coefficient (Wildman–Crippen LogP) is 3.48. The Labute approximate surface area is 87.7 Å². The molecule has 1 rings (SSSR count). The Morgan fingerprint density at radius 3 is 1.93 bits per heavy atom. The zero-order chi connectivity index (χ0) is 10.8. The molecule has 0 aliphatic rings. The molecule has 1 aromatic rings. The number of aryl methyl sites for hydroxylation is 1. The summed E-state index contributed by atoms with van der Waals surface area (Å²) in [5.41, 5.74) is 2.87. The molecule has 0 aliphatic carbocycles. The largest absolute Gasteiger partial charge is 0.370 e. The third-order valence-electron chi connectivity index (χ3n) is 2.74. The van der Waals surface area contributed by atoms with Crippen molar-refractivity contribution in [1.29, 1.82) is 0 Å². The van der Waals surface area contributed by atoms with Crippen LogP contribution in [0.2, 0.25) is 0 Å². The molecule has 1 aromatic carbocycles. The van der Waals surface area contributed by atoms with E-state index in [1.54, 1.807) is 0 Å². The van der Waals surface area contributed by atoms with E-state index in [1.807, 2.05) is 0 Å². The molecule has 78 valence electrons. The average Bonchev–Trinajstić information content (AvgIpc) is 2.15. The zero-order valence-electron chi connectivity index (χ0n) is 9.96. The Morgan fingerprint density at radius 2 is 1.57 bits per heavy atom. The number of benzene rings is 1. The summed E-state index contributed by atoms with van der Waals surface area (Å²) in [4.78, 5) is 2.30. The molecule has 0 fully saturated rings. The van der Waals surface area contributed by atoms with E-state index in [0.29, 0.717) is 0 Å². The lowest BCUT2D eigenvalue weighted by molar-refractivity contribution is 0.539. The highest BCUT2D eigenvalue weighted by Gasteiger charge is 2.16. The number of nitrogens with zero attached hydrogens (tertiary/aromatic N) is 1. The Balaban J connectivity index is 2.87. The zero-order valence-corrected chi connectivity index (χ0v) is 9.96. The third kappa shape index (κ3) is 2.50. The highest BCUT2D eigenvalue weighted by molar-refractivity contribution is 5.48. The monoisotopic (exact) mass is 191 g/mol. The standard InChI is InChI=1S/C13H21N/c1-6-11-7-9-12(10-8-11)14(5)13(2,3)4/h7-10H,6H2,1-5H3. The fraction of sp³-hybridized carbons (Fsp3) is 0.538. The van der Waals surface area contributed by atoms with Crippen molar-refractivity contribution in [3.63, 3.8) is 0 Å². The van der Waals surface area contributed by atoms with Gasteiger partial charge in [-0.15, -0.1) is 0 Å². The maximum atomic E-state index is 2.30. The topological polar surface area (TPSA) is 3.24 Å². The third-order valence-corrected chi connectivity index (χ3v) is 2.74. The second-order valence-corrected chi connectivity index (χ2v) is 4.75. The Morgan fingerprint density at radius 1 is 1.07 bits per heavy atom. The van der Waals surface area contributed by atoms with Gasteiger partial charge in [0.2, 0.25) is 0 Å². The van der Waals surface area contributed by atoms with Crippen molar-refractivity contribution in [1.82, 2.24) is 0 Å². The quantitative estimate of drug-likeness (QED) is 0.691. The molecular weight excluding hydrogens is 170 g/mol. The van der Waals surface area contributed by atoms with Crippen molar-refractivity contribution in [3.05, 3.63) is 29.8 Å². The first-order chi connectivity index (χ1) is 6.45. The van der Waals surface area contributed by atoms with Crippen molar-refractivity contribution in [2.45, 2.75) is 39.7 Å². The lowest BCUT2D eigenvalue weighted by Crippen LogP contribution is -2.37. The SMILES string of the molecule is CCc1ccc(N(C)C(C)(C)C)cc1. The molecule has 0 atom stereocenters. The first-order valence-electron chi connectivity index (χ1n) is 5.28. The van der Waals surface area contributed by atoms with Gasteiger partial charge in [-0.25, -0.2) is 0 Å². The first kappa shape index (κ1) is 11.1. The van der Waals surface area contributed by atoms with Crippen LogP contribution in [0.15, 0.2) is 24.3 Å². The van der Waals surface area contributed by atoms with Gasteiger partial charge >= 0.3 is 0 Å². The van der Waals surface area contributed by atoms with E-state index < -0.39 is 0 Å². The molecular formula is C13H21N. The van der Waals surface area contributed by atoms with Gasteiger partial charge in [0, 0.05) is 18.3 Å². The molecule has 1 nitrogen and oxygen atoms in total. The number of anilines is 1. The summed E-state index contributed by atoms with van der Waals surface area (Å²) >= 11 is 0. The highest BCUT2D eigenvalue weighted by Crippen LogP contribution is 2.21. The number of hydrogen-bond acceptors (Lipinski definition) is 1. The molecule has 0 unspecified atom stereocenters. The van der Waals surface area contributed by atoms with Gasteiger partial charge in [-0.3, -0.25) is 0 Å². The van der Waals surface area contributed by atoms with Crippen LogP contribution in [-0.4, -0.2) is 12.6 Å². The van der Waals surface area contributed by atoms with Crippen LogP contribution in [0, 0.1) is 0 Å². The van der Waals surface area contributed by atoms with Crippen molar-refractivity contribution in [2.75, 3.05) is 11.9 Å². The molecule has 0 bridgehead atoms. The van der Waals surface area contributed by atoms with Gasteiger partial charge in [-0.1, -0.05) is 19.1 Å². The summed E-state index contributed by atoms with van der Waals surface area (Å²) in [5.74, 6) is 0. The predicted molar refractivity (Wildman–Crippen MR) is 64.0 cm³/mol. The minimum Gasteiger partial charge on any atom is -0.370 e. The van der Waals surface area contributed by atoms with Crippen molar-refractivity contribution in [2.24, 2.45) is 0 Å². The van der Waals surface area contributed by atoms with Gasteiger partial charge in [0.15, 0.2) is 0 Å². The van der Waals surface area contributed by atoms with Gasteiger partial charge in [0.05, 0.1) is 0 Å². The minimum atomic E-state index is 0.188. The lowest BCUT2D eigenvalue weighted by Gasteiger charge is -2.34. The molecule has 0 N–H and O–H groups in total. The van der Waals surface area contributed by atoms with Gasteiger partial charge in [0.25, 0.3) is 0 Å². The highest BCUT2D eigenvalue weighted by atomic mass is 15.2. The summed E-state index contributed by atoms with van der Waals surface area (Å²) in [6, 6.07) is 8.81. The van der Waals surface area contributed by atoms with Crippen LogP contribution < -0.4 is 4.90 Å². The van der Waals surface area contributed by atoms with Gasteiger partial charge in [-0.05, 0) is 44.9 Å². The van der Waals surface area contributed by atoms with E-state index in [2.05, 4.69) is 63.9 Å². The Kier molecular flexibility index (Phi) is 3.20. The van der Waals surface area contributed by atoms with Crippen LogP contribution in [-0.2, 0) is 6.42 Å². The van der Waals surface area contributed by atoms with Gasteiger partial charge in [-0.2, -0.15) is 0 Å².